The van der Waals surface area contributed by atoms with E-state index < -0.39 is 33.8 Å². The molecule has 1 aliphatic carbocycles. The average Bonchev–Trinajstić information content (AvgIpc) is 3.36. The molecule has 0 heterocycles. The summed E-state index contributed by atoms with van der Waals surface area (Å²) in [4.78, 5) is 25.7. The van der Waals surface area contributed by atoms with Crippen LogP contribution in [0.5, 0.6) is 0 Å². The first-order valence-electron chi connectivity index (χ1n) is 9.99. The lowest BCUT2D eigenvalue weighted by Gasteiger charge is -2.10. The summed E-state index contributed by atoms with van der Waals surface area (Å²) in [5, 5.41) is 6.44. The molecule has 2 unspecified atom stereocenters. The van der Waals surface area contributed by atoms with Crippen LogP contribution in [-0.2, 0) is 4.79 Å². The van der Waals surface area contributed by atoms with Crippen LogP contribution in [0.25, 0.3) is 0 Å². The second kappa shape index (κ2) is 9.56. The molecule has 1 saturated carbocycles. The van der Waals surface area contributed by atoms with Crippen LogP contribution in [0.4, 0.5) is 15.8 Å². The highest BCUT2D eigenvalue weighted by Gasteiger charge is 2.67. The molecule has 4 rings (SSSR count). The molecule has 3 aromatic carbocycles. The van der Waals surface area contributed by atoms with Crippen molar-refractivity contribution in [1.29, 1.82) is 0 Å². The van der Waals surface area contributed by atoms with E-state index >= 15 is 0 Å². The number of carbonyl (C=O) groups excluding carboxylic acids is 2. The lowest BCUT2D eigenvalue weighted by atomic mass is 10.1. The van der Waals surface area contributed by atoms with Gasteiger partial charge in [0.15, 0.2) is 0 Å². The van der Waals surface area contributed by atoms with Gasteiger partial charge in [-0.2, -0.15) is 0 Å². The van der Waals surface area contributed by atoms with Crippen LogP contribution in [0.3, 0.4) is 0 Å². The van der Waals surface area contributed by atoms with Gasteiger partial charge in [-0.1, -0.05) is 34.8 Å². The van der Waals surface area contributed by atoms with Gasteiger partial charge in [0, 0.05) is 27.3 Å². The third kappa shape index (κ3) is 5.00. The van der Waals surface area contributed by atoms with E-state index in [1.54, 1.807) is 25.1 Å². The van der Waals surface area contributed by atoms with Crippen molar-refractivity contribution in [1.82, 2.24) is 0 Å². The standard InChI is InChI=1S/C24H16Cl5FN2O2/c1-11-18(26)8-12(9-19(11)27)20-21(24(20,28)29)23(34)32-15-6-7-17(25)16(10-15)22(33)31-14-4-2-13(30)3-5-14/h2-10,20-21H,1H3,(H,31,33)(H,32,34). The smallest absolute Gasteiger partial charge is 0.257 e. The number of halogens is 6. The molecule has 176 valence electrons. The summed E-state index contributed by atoms with van der Waals surface area (Å²) in [6.07, 6.45) is 0. The van der Waals surface area contributed by atoms with Gasteiger partial charge in [-0.05, 0) is 72.6 Å². The maximum Gasteiger partial charge on any atom is 0.257 e. The SMILES string of the molecule is Cc1c(Cl)cc(C2C(C(=O)Nc3ccc(Cl)c(C(=O)Nc4ccc(F)cc4)c3)C2(Cl)Cl)cc1Cl. The normalized spacial score (nSPS) is 18.3. The lowest BCUT2D eigenvalue weighted by molar-refractivity contribution is -0.117. The van der Waals surface area contributed by atoms with Gasteiger partial charge < -0.3 is 10.6 Å². The van der Waals surface area contributed by atoms with Gasteiger partial charge in [0.2, 0.25) is 5.91 Å². The summed E-state index contributed by atoms with van der Waals surface area (Å²) in [5.41, 5.74) is 2.21. The number of rotatable bonds is 5. The molecular weight excluding hydrogens is 545 g/mol. The fourth-order valence-electron chi connectivity index (χ4n) is 3.64. The number of benzene rings is 3. The maximum atomic E-state index is 13.1. The molecule has 0 aliphatic heterocycles. The number of anilines is 2. The van der Waals surface area contributed by atoms with E-state index in [1.165, 1.54) is 36.4 Å². The third-order valence-corrected chi connectivity index (χ3v) is 7.63. The zero-order valence-electron chi connectivity index (χ0n) is 17.4. The van der Waals surface area contributed by atoms with Crippen LogP contribution in [0.15, 0.2) is 54.6 Å². The maximum absolute atomic E-state index is 13.1. The van der Waals surface area contributed by atoms with E-state index in [4.69, 9.17) is 58.0 Å². The molecule has 10 heteroatoms. The monoisotopic (exact) mass is 558 g/mol. The van der Waals surface area contributed by atoms with Gasteiger partial charge in [-0.25, -0.2) is 4.39 Å². The van der Waals surface area contributed by atoms with E-state index in [2.05, 4.69) is 10.6 Å². The summed E-state index contributed by atoms with van der Waals surface area (Å²) >= 11 is 31.5. The van der Waals surface area contributed by atoms with Crippen molar-refractivity contribution in [2.75, 3.05) is 10.6 Å². The van der Waals surface area contributed by atoms with Gasteiger partial charge in [0.1, 0.15) is 10.2 Å². The first kappa shape index (κ1) is 25.1. The van der Waals surface area contributed by atoms with Crippen molar-refractivity contribution in [3.05, 3.63) is 92.2 Å². The van der Waals surface area contributed by atoms with E-state index in [0.29, 0.717) is 27.0 Å². The molecule has 2 atom stereocenters. The second-order valence-corrected chi connectivity index (χ2v) is 10.6. The van der Waals surface area contributed by atoms with Crippen molar-refractivity contribution in [2.45, 2.75) is 17.2 Å². The highest BCUT2D eigenvalue weighted by Crippen LogP contribution is 2.65. The summed E-state index contributed by atoms with van der Waals surface area (Å²) in [6, 6.07) is 13.1. The van der Waals surface area contributed by atoms with Gasteiger partial charge in [0.25, 0.3) is 5.91 Å². The molecule has 2 amide bonds. The fourth-order valence-corrected chi connectivity index (χ4v) is 5.18. The molecule has 1 aliphatic rings. The van der Waals surface area contributed by atoms with Crippen LogP contribution in [-0.4, -0.2) is 16.1 Å². The number of carbonyl (C=O) groups is 2. The Bertz CT molecular complexity index is 1270. The minimum absolute atomic E-state index is 0.122. The van der Waals surface area contributed by atoms with Gasteiger partial charge >= 0.3 is 0 Å². The lowest BCUT2D eigenvalue weighted by Crippen LogP contribution is -2.18. The first-order valence-corrected chi connectivity index (χ1v) is 11.9. The molecule has 0 aromatic heterocycles. The minimum atomic E-state index is -1.35. The van der Waals surface area contributed by atoms with Gasteiger partial charge in [-0.15, -0.1) is 23.2 Å². The predicted octanol–water partition coefficient (Wildman–Crippen LogP) is 7.87. The number of amides is 2. The zero-order chi connectivity index (χ0) is 24.8. The molecule has 0 radical (unpaired) electrons. The van der Waals surface area contributed by atoms with Gasteiger partial charge in [-0.3, -0.25) is 9.59 Å². The van der Waals surface area contributed by atoms with Crippen LogP contribution >= 0.6 is 58.0 Å². The summed E-state index contributed by atoms with van der Waals surface area (Å²) < 4.78 is 11.8. The highest BCUT2D eigenvalue weighted by molar-refractivity contribution is 6.53. The number of hydrogen-bond acceptors (Lipinski definition) is 2. The van der Waals surface area contributed by atoms with Crippen molar-refractivity contribution < 1.29 is 14.0 Å². The van der Waals surface area contributed by atoms with Gasteiger partial charge in [0.05, 0.1) is 16.5 Å². The summed E-state index contributed by atoms with van der Waals surface area (Å²) in [5.74, 6) is -2.67. The first-order chi connectivity index (χ1) is 16.0. The Morgan fingerprint density at radius 1 is 0.853 bits per heavy atom. The van der Waals surface area contributed by atoms with E-state index in [-0.39, 0.29) is 10.6 Å². The predicted molar refractivity (Wildman–Crippen MR) is 136 cm³/mol. The third-order valence-electron chi connectivity index (χ3n) is 5.58. The Balaban J connectivity index is 1.51. The van der Waals surface area contributed by atoms with Crippen LogP contribution < -0.4 is 10.6 Å². The molecule has 0 saturated heterocycles. The fraction of sp³-hybridized carbons (Fsp3) is 0.167. The molecule has 4 nitrogen and oxygen atoms in total. The molecule has 2 N–H and O–H groups in total. The van der Waals surface area contributed by atoms with Crippen LogP contribution in [0.1, 0.15) is 27.4 Å². The largest absolute Gasteiger partial charge is 0.326 e. The van der Waals surface area contributed by atoms with E-state index in [0.717, 1.165) is 5.56 Å². The topological polar surface area (TPSA) is 58.2 Å². The Labute approximate surface area is 220 Å². The molecule has 34 heavy (non-hydrogen) atoms. The number of alkyl halides is 2. The molecular formula is C24H16Cl5FN2O2. The Hall–Kier alpha value is -2.02. The minimum Gasteiger partial charge on any atom is -0.326 e. The molecule has 0 spiro atoms. The summed E-state index contributed by atoms with van der Waals surface area (Å²) in [6.45, 7) is 1.78. The van der Waals surface area contributed by atoms with E-state index in [1.807, 2.05) is 0 Å². The Morgan fingerprint density at radius 2 is 1.44 bits per heavy atom. The molecule has 1 fully saturated rings. The van der Waals surface area contributed by atoms with Crippen LogP contribution in [0.2, 0.25) is 15.1 Å². The second-order valence-electron chi connectivity index (χ2n) is 7.88. The molecule has 0 bridgehead atoms. The number of hydrogen-bond donors (Lipinski definition) is 2. The quantitative estimate of drug-likeness (QED) is 0.312. The molecule has 3 aromatic rings. The average molecular weight is 561 g/mol. The van der Waals surface area contributed by atoms with Crippen molar-refractivity contribution in [2.24, 2.45) is 5.92 Å². The van der Waals surface area contributed by atoms with Crippen molar-refractivity contribution in [3.8, 4) is 0 Å². The van der Waals surface area contributed by atoms with Crippen LogP contribution in [0, 0.1) is 18.7 Å². The Kier molecular flexibility index (Phi) is 7.05. The van der Waals surface area contributed by atoms with Crippen molar-refractivity contribution in [3.63, 3.8) is 0 Å². The Morgan fingerprint density at radius 3 is 2.06 bits per heavy atom. The van der Waals surface area contributed by atoms with Crippen molar-refractivity contribution >= 4 is 81.2 Å². The summed E-state index contributed by atoms with van der Waals surface area (Å²) in [7, 11) is 0. The van der Waals surface area contributed by atoms with E-state index in [9.17, 15) is 14.0 Å². The zero-order valence-corrected chi connectivity index (χ0v) is 21.2. The highest BCUT2D eigenvalue weighted by atomic mass is 35.5. The number of nitrogens with one attached hydrogen (secondary N) is 2.